The number of hydrogen-bond acceptors (Lipinski definition) is 2. The molecule has 2 heteroatoms. The summed E-state index contributed by atoms with van der Waals surface area (Å²) in [6, 6.07) is 1.01. The minimum absolute atomic E-state index is 0.392. The molecule has 2 saturated carbocycles. The average Bonchev–Trinajstić information content (AvgIpc) is 2.09. The predicted molar refractivity (Wildman–Crippen MR) is 69.3 cm³/mol. The van der Waals surface area contributed by atoms with Gasteiger partial charge in [-0.2, -0.15) is 0 Å². The molecule has 0 aromatic rings. The second kappa shape index (κ2) is 5.05. The first kappa shape index (κ1) is 12.4. The van der Waals surface area contributed by atoms with Crippen molar-refractivity contribution in [1.29, 1.82) is 0 Å². The van der Waals surface area contributed by atoms with Crippen molar-refractivity contribution in [2.75, 3.05) is 13.6 Å². The van der Waals surface area contributed by atoms with Crippen LogP contribution in [0.3, 0.4) is 0 Å². The van der Waals surface area contributed by atoms with Crippen LogP contribution in [0.25, 0.3) is 0 Å². The second-order valence-corrected chi connectivity index (χ2v) is 6.44. The van der Waals surface area contributed by atoms with Gasteiger partial charge in [0.2, 0.25) is 0 Å². The van der Waals surface area contributed by atoms with E-state index in [0.29, 0.717) is 12.1 Å². The van der Waals surface area contributed by atoms with E-state index in [1.807, 2.05) is 0 Å². The van der Waals surface area contributed by atoms with Crippen molar-refractivity contribution < 1.29 is 0 Å². The molecule has 4 unspecified atom stereocenters. The normalized spacial score (nSPS) is 41.1. The lowest BCUT2D eigenvalue weighted by Crippen LogP contribution is -2.54. The van der Waals surface area contributed by atoms with Gasteiger partial charge in [0.1, 0.15) is 0 Å². The summed E-state index contributed by atoms with van der Waals surface area (Å²) in [6.45, 7) is 6.01. The van der Waals surface area contributed by atoms with Gasteiger partial charge >= 0.3 is 0 Å². The highest BCUT2D eigenvalue weighted by Crippen LogP contribution is 2.33. The SMILES string of the molecule is CC1CC(C)C(N(C)CC2CCC2)C(N)C1. The second-order valence-electron chi connectivity index (χ2n) is 6.44. The van der Waals surface area contributed by atoms with E-state index < -0.39 is 0 Å². The maximum absolute atomic E-state index is 6.35. The topological polar surface area (TPSA) is 29.3 Å². The fourth-order valence-electron chi connectivity index (χ4n) is 3.86. The Morgan fingerprint density at radius 1 is 1.19 bits per heavy atom. The van der Waals surface area contributed by atoms with Gasteiger partial charge < -0.3 is 10.6 Å². The fraction of sp³-hybridized carbons (Fsp3) is 1.00. The van der Waals surface area contributed by atoms with Crippen LogP contribution >= 0.6 is 0 Å². The standard InChI is InChI=1S/C14H28N2/c1-10-7-11(2)14(13(15)8-10)16(3)9-12-5-4-6-12/h10-14H,4-9,15H2,1-3H3. The molecule has 0 aromatic carbocycles. The van der Waals surface area contributed by atoms with E-state index in [1.54, 1.807) is 0 Å². The molecule has 94 valence electrons. The number of nitrogens with zero attached hydrogens (tertiary/aromatic N) is 1. The molecule has 2 aliphatic rings. The van der Waals surface area contributed by atoms with Crippen LogP contribution < -0.4 is 5.73 Å². The molecule has 16 heavy (non-hydrogen) atoms. The lowest BCUT2D eigenvalue weighted by Gasteiger charge is -2.44. The smallest absolute Gasteiger partial charge is 0.0270 e. The van der Waals surface area contributed by atoms with Gasteiger partial charge in [-0.3, -0.25) is 0 Å². The molecule has 0 heterocycles. The van der Waals surface area contributed by atoms with E-state index in [-0.39, 0.29) is 0 Å². The zero-order chi connectivity index (χ0) is 11.7. The third-order valence-electron chi connectivity index (χ3n) is 4.75. The molecule has 2 N–H and O–H groups in total. The van der Waals surface area contributed by atoms with Gasteiger partial charge in [0, 0.05) is 18.6 Å². The van der Waals surface area contributed by atoms with E-state index in [2.05, 4.69) is 25.8 Å². The van der Waals surface area contributed by atoms with Crippen LogP contribution in [0.1, 0.15) is 46.0 Å². The summed E-state index contributed by atoms with van der Waals surface area (Å²) < 4.78 is 0. The summed E-state index contributed by atoms with van der Waals surface area (Å²) >= 11 is 0. The van der Waals surface area contributed by atoms with Gasteiger partial charge in [0.25, 0.3) is 0 Å². The van der Waals surface area contributed by atoms with Crippen LogP contribution in [-0.4, -0.2) is 30.6 Å². The number of hydrogen-bond donors (Lipinski definition) is 1. The summed E-state index contributed by atoms with van der Waals surface area (Å²) in [5.74, 6) is 2.55. The summed E-state index contributed by atoms with van der Waals surface area (Å²) in [7, 11) is 2.29. The number of rotatable bonds is 3. The van der Waals surface area contributed by atoms with Crippen molar-refractivity contribution in [2.45, 2.75) is 58.0 Å². The highest BCUT2D eigenvalue weighted by atomic mass is 15.2. The van der Waals surface area contributed by atoms with E-state index in [1.165, 1.54) is 38.6 Å². The van der Waals surface area contributed by atoms with Crippen LogP contribution in [0.15, 0.2) is 0 Å². The molecule has 2 fully saturated rings. The minimum Gasteiger partial charge on any atom is -0.326 e. The monoisotopic (exact) mass is 224 g/mol. The number of likely N-dealkylation sites (N-methyl/N-ethyl adjacent to an activating group) is 1. The van der Waals surface area contributed by atoms with Crippen LogP contribution in [0.4, 0.5) is 0 Å². The highest BCUT2D eigenvalue weighted by molar-refractivity contribution is 4.92. The van der Waals surface area contributed by atoms with Gasteiger partial charge in [-0.05, 0) is 50.5 Å². The Morgan fingerprint density at radius 2 is 1.88 bits per heavy atom. The maximum Gasteiger partial charge on any atom is 0.0270 e. The Balaban J connectivity index is 1.89. The third-order valence-corrected chi connectivity index (χ3v) is 4.75. The molecule has 0 saturated heterocycles. The Labute approximate surface area is 101 Å². The molecule has 0 radical (unpaired) electrons. The summed E-state index contributed by atoms with van der Waals surface area (Å²) in [5.41, 5.74) is 6.35. The van der Waals surface area contributed by atoms with E-state index in [4.69, 9.17) is 5.73 Å². The highest BCUT2D eigenvalue weighted by Gasteiger charge is 2.35. The predicted octanol–water partition coefficient (Wildman–Crippen LogP) is 2.48. The van der Waals surface area contributed by atoms with Crippen LogP contribution in [0.2, 0.25) is 0 Å². The van der Waals surface area contributed by atoms with Gasteiger partial charge in [-0.1, -0.05) is 20.3 Å². The van der Waals surface area contributed by atoms with Crippen molar-refractivity contribution in [3.63, 3.8) is 0 Å². The van der Waals surface area contributed by atoms with Crippen LogP contribution in [0, 0.1) is 17.8 Å². The fourth-order valence-corrected chi connectivity index (χ4v) is 3.86. The van der Waals surface area contributed by atoms with E-state index in [0.717, 1.165) is 17.8 Å². The largest absolute Gasteiger partial charge is 0.326 e. The average molecular weight is 224 g/mol. The van der Waals surface area contributed by atoms with E-state index >= 15 is 0 Å². The molecule has 0 bridgehead atoms. The van der Waals surface area contributed by atoms with Crippen molar-refractivity contribution >= 4 is 0 Å². The summed E-state index contributed by atoms with van der Waals surface area (Å²) in [6.07, 6.45) is 6.90. The zero-order valence-corrected chi connectivity index (χ0v) is 11.2. The van der Waals surface area contributed by atoms with Gasteiger partial charge in [0.05, 0.1) is 0 Å². The summed E-state index contributed by atoms with van der Waals surface area (Å²) in [4.78, 5) is 2.56. The molecule has 0 aromatic heterocycles. The lowest BCUT2D eigenvalue weighted by atomic mass is 9.75. The molecule has 0 aliphatic heterocycles. The maximum atomic E-state index is 6.35. The molecule has 2 nitrogen and oxygen atoms in total. The molecule has 4 atom stereocenters. The van der Waals surface area contributed by atoms with Crippen LogP contribution in [0.5, 0.6) is 0 Å². The number of nitrogens with two attached hydrogens (primary N) is 1. The van der Waals surface area contributed by atoms with Gasteiger partial charge in [-0.25, -0.2) is 0 Å². The first-order valence-electron chi connectivity index (χ1n) is 7.03. The first-order valence-corrected chi connectivity index (χ1v) is 7.03. The molecule has 0 amide bonds. The summed E-state index contributed by atoms with van der Waals surface area (Å²) in [5, 5.41) is 0. The van der Waals surface area contributed by atoms with Gasteiger partial charge in [0.15, 0.2) is 0 Å². The molecular weight excluding hydrogens is 196 g/mol. The van der Waals surface area contributed by atoms with Crippen molar-refractivity contribution in [3.8, 4) is 0 Å². The minimum atomic E-state index is 0.392. The quantitative estimate of drug-likeness (QED) is 0.798. The molecular formula is C14H28N2. The lowest BCUT2D eigenvalue weighted by molar-refractivity contribution is 0.0707. The Morgan fingerprint density at radius 3 is 2.38 bits per heavy atom. The van der Waals surface area contributed by atoms with Crippen molar-refractivity contribution in [2.24, 2.45) is 23.5 Å². The Hall–Kier alpha value is -0.0800. The first-order chi connectivity index (χ1) is 7.58. The Kier molecular flexibility index (Phi) is 3.91. The molecule has 2 rings (SSSR count). The molecule has 0 spiro atoms. The zero-order valence-electron chi connectivity index (χ0n) is 11.2. The van der Waals surface area contributed by atoms with Crippen LogP contribution in [-0.2, 0) is 0 Å². The van der Waals surface area contributed by atoms with Gasteiger partial charge in [-0.15, -0.1) is 0 Å². The Bertz CT molecular complexity index is 213. The third kappa shape index (κ3) is 2.60. The van der Waals surface area contributed by atoms with Crippen molar-refractivity contribution in [1.82, 2.24) is 4.90 Å². The van der Waals surface area contributed by atoms with Crippen molar-refractivity contribution in [3.05, 3.63) is 0 Å². The molecule has 2 aliphatic carbocycles. The van der Waals surface area contributed by atoms with E-state index in [9.17, 15) is 0 Å².